The number of amides is 1. The standard InChI is InChI=1S/C18H24N6O/c1-2-24-10-12(9-21-24)17-16-11(8-20-18(16)25)7-15(23-17)22-14-6-4-3-5-13(14)19/h7,9-10,13-14H,2-6,8,19H2,1H3,(H,20,25)(H,22,23). The first kappa shape index (κ1) is 16.1. The lowest BCUT2D eigenvalue weighted by molar-refractivity contribution is 0.0966. The van der Waals surface area contributed by atoms with Gasteiger partial charge in [0.25, 0.3) is 5.91 Å². The Kier molecular flexibility index (Phi) is 4.17. The van der Waals surface area contributed by atoms with Gasteiger partial charge in [-0.05, 0) is 31.4 Å². The normalized spacial score (nSPS) is 22.6. The van der Waals surface area contributed by atoms with Crippen molar-refractivity contribution >= 4 is 11.7 Å². The second kappa shape index (κ2) is 6.48. The van der Waals surface area contributed by atoms with Crippen LogP contribution in [-0.2, 0) is 13.1 Å². The van der Waals surface area contributed by atoms with E-state index in [0.717, 1.165) is 36.3 Å². The van der Waals surface area contributed by atoms with Crippen LogP contribution in [0.15, 0.2) is 18.5 Å². The highest BCUT2D eigenvalue weighted by Crippen LogP contribution is 2.30. The van der Waals surface area contributed by atoms with E-state index in [-0.39, 0.29) is 18.0 Å². The smallest absolute Gasteiger partial charge is 0.254 e. The van der Waals surface area contributed by atoms with Crippen molar-refractivity contribution < 1.29 is 4.79 Å². The number of nitrogens with one attached hydrogen (secondary N) is 2. The third-order valence-electron chi connectivity index (χ3n) is 5.15. The van der Waals surface area contributed by atoms with Gasteiger partial charge in [0.05, 0.1) is 17.5 Å². The van der Waals surface area contributed by atoms with E-state index in [2.05, 4.69) is 15.7 Å². The number of nitrogens with zero attached hydrogens (tertiary/aromatic N) is 3. The number of fused-ring (bicyclic) bond motifs is 1. The van der Waals surface area contributed by atoms with Crippen molar-refractivity contribution in [2.45, 2.75) is 57.8 Å². The highest BCUT2D eigenvalue weighted by Gasteiger charge is 2.28. The highest BCUT2D eigenvalue weighted by atomic mass is 16.1. The van der Waals surface area contributed by atoms with E-state index in [1.165, 1.54) is 12.8 Å². The number of carbonyl (C=O) groups excluding carboxylic acids is 1. The second-order valence-electron chi connectivity index (χ2n) is 6.86. The summed E-state index contributed by atoms with van der Waals surface area (Å²) in [7, 11) is 0. The van der Waals surface area contributed by atoms with Crippen LogP contribution in [0.4, 0.5) is 5.82 Å². The van der Waals surface area contributed by atoms with Crippen LogP contribution in [0.2, 0.25) is 0 Å². The maximum atomic E-state index is 12.3. The molecular formula is C18H24N6O. The summed E-state index contributed by atoms with van der Waals surface area (Å²) in [6, 6.07) is 2.35. The number of aryl methyl sites for hydroxylation is 1. The summed E-state index contributed by atoms with van der Waals surface area (Å²) in [6.45, 7) is 3.35. The molecular weight excluding hydrogens is 316 g/mol. The fourth-order valence-electron chi connectivity index (χ4n) is 3.72. The van der Waals surface area contributed by atoms with E-state index in [1.54, 1.807) is 6.20 Å². The first-order valence-electron chi connectivity index (χ1n) is 9.02. The number of hydrogen-bond donors (Lipinski definition) is 3. The van der Waals surface area contributed by atoms with Crippen LogP contribution in [-0.4, -0.2) is 32.8 Å². The Morgan fingerprint density at radius 3 is 3.00 bits per heavy atom. The SMILES string of the molecule is CCn1cc(-c2nc(NC3CCCCC3N)cc3c2C(=O)NC3)cn1. The molecule has 0 spiro atoms. The van der Waals surface area contributed by atoms with E-state index in [1.807, 2.05) is 23.9 Å². The van der Waals surface area contributed by atoms with Gasteiger partial charge in [-0.3, -0.25) is 9.48 Å². The molecule has 7 nitrogen and oxygen atoms in total. The topological polar surface area (TPSA) is 97.9 Å². The zero-order chi connectivity index (χ0) is 17.4. The molecule has 0 radical (unpaired) electrons. The number of carbonyl (C=O) groups is 1. The summed E-state index contributed by atoms with van der Waals surface area (Å²) in [5.74, 6) is 0.722. The minimum atomic E-state index is -0.0670. The summed E-state index contributed by atoms with van der Waals surface area (Å²) in [5, 5.41) is 10.7. The van der Waals surface area contributed by atoms with Crippen LogP contribution in [0.25, 0.3) is 11.3 Å². The second-order valence-corrected chi connectivity index (χ2v) is 6.86. The van der Waals surface area contributed by atoms with Crippen molar-refractivity contribution in [2.24, 2.45) is 5.73 Å². The molecule has 1 saturated carbocycles. The number of pyridine rings is 1. The zero-order valence-corrected chi connectivity index (χ0v) is 14.5. The molecule has 1 aliphatic carbocycles. The number of hydrogen-bond acceptors (Lipinski definition) is 5. The highest BCUT2D eigenvalue weighted by molar-refractivity contribution is 6.04. The molecule has 25 heavy (non-hydrogen) atoms. The molecule has 0 bridgehead atoms. The summed E-state index contributed by atoms with van der Waals surface area (Å²) in [4.78, 5) is 17.0. The van der Waals surface area contributed by atoms with E-state index in [0.29, 0.717) is 17.8 Å². The van der Waals surface area contributed by atoms with Crippen molar-refractivity contribution in [1.82, 2.24) is 20.1 Å². The predicted octanol–water partition coefficient (Wildman–Crippen LogP) is 1.89. The van der Waals surface area contributed by atoms with Crippen LogP contribution >= 0.6 is 0 Å². The van der Waals surface area contributed by atoms with Crippen LogP contribution in [0.3, 0.4) is 0 Å². The molecule has 0 saturated heterocycles. The lowest BCUT2D eigenvalue weighted by Crippen LogP contribution is -2.42. The summed E-state index contributed by atoms with van der Waals surface area (Å²) in [6.07, 6.45) is 8.18. The molecule has 2 unspecified atom stereocenters. The van der Waals surface area contributed by atoms with Gasteiger partial charge in [-0.15, -0.1) is 0 Å². The Labute approximate surface area is 147 Å². The average molecular weight is 340 g/mol. The molecule has 2 atom stereocenters. The van der Waals surface area contributed by atoms with Crippen molar-refractivity contribution in [3.8, 4) is 11.3 Å². The van der Waals surface area contributed by atoms with Gasteiger partial charge >= 0.3 is 0 Å². The van der Waals surface area contributed by atoms with Crippen LogP contribution in [0.1, 0.15) is 48.5 Å². The molecule has 2 aromatic rings. The lowest BCUT2D eigenvalue weighted by atomic mass is 9.91. The van der Waals surface area contributed by atoms with E-state index in [4.69, 9.17) is 10.7 Å². The monoisotopic (exact) mass is 340 g/mol. The third-order valence-corrected chi connectivity index (χ3v) is 5.15. The Morgan fingerprint density at radius 1 is 1.40 bits per heavy atom. The lowest BCUT2D eigenvalue weighted by Gasteiger charge is -2.30. The van der Waals surface area contributed by atoms with Gasteiger partial charge in [-0.25, -0.2) is 4.98 Å². The minimum absolute atomic E-state index is 0.0670. The first-order valence-corrected chi connectivity index (χ1v) is 9.02. The van der Waals surface area contributed by atoms with Crippen molar-refractivity contribution in [3.05, 3.63) is 29.6 Å². The molecule has 1 fully saturated rings. The van der Waals surface area contributed by atoms with Gasteiger partial charge in [0.15, 0.2) is 0 Å². The molecule has 4 N–H and O–H groups in total. The molecule has 1 amide bonds. The van der Waals surface area contributed by atoms with E-state index in [9.17, 15) is 4.79 Å². The Hall–Kier alpha value is -2.41. The van der Waals surface area contributed by atoms with Gasteiger partial charge in [0, 0.05) is 36.9 Å². The number of aromatic nitrogens is 3. The zero-order valence-electron chi connectivity index (χ0n) is 14.5. The third kappa shape index (κ3) is 3.00. The quantitative estimate of drug-likeness (QED) is 0.789. The first-order chi connectivity index (χ1) is 12.2. The van der Waals surface area contributed by atoms with Crippen LogP contribution < -0.4 is 16.4 Å². The molecule has 2 aromatic heterocycles. The Bertz CT molecular complexity index is 799. The number of anilines is 1. The maximum absolute atomic E-state index is 12.3. The van der Waals surface area contributed by atoms with Gasteiger partial charge < -0.3 is 16.4 Å². The summed E-state index contributed by atoms with van der Waals surface area (Å²) in [5.41, 5.74) is 9.46. The minimum Gasteiger partial charge on any atom is -0.366 e. The predicted molar refractivity (Wildman–Crippen MR) is 96.2 cm³/mol. The molecule has 7 heteroatoms. The van der Waals surface area contributed by atoms with Crippen LogP contribution in [0.5, 0.6) is 0 Å². The fraction of sp³-hybridized carbons (Fsp3) is 0.500. The van der Waals surface area contributed by atoms with Crippen molar-refractivity contribution in [2.75, 3.05) is 5.32 Å². The number of nitrogens with two attached hydrogens (primary N) is 1. The summed E-state index contributed by atoms with van der Waals surface area (Å²) >= 11 is 0. The Morgan fingerprint density at radius 2 is 2.24 bits per heavy atom. The molecule has 3 heterocycles. The fourth-order valence-corrected chi connectivity index (χ4v) is 3.72. The van der Waals surface area contributed by atoms with Gasteiger partial charge in [-0.2, -0.15) is 5.10 Å². The van der Waals surface area contributed by atoms with Crippen molar-refractivity contribution in [1.29, 1.82) is 0 Å². The molecule has 132 valence electrons. The average Bonchev–Trinajstić information content (AvgIpc) is 3.24. The van der Waals surface area contributed by atoms with E-state index < -0.39 is 0 Å². The summed E-state index contributed by atoms with van der Waals surface area (Å²) < 4.78 is 1.84. The van der Waals surface area contributed by atoms with Crippen LogP contribution in [0, 0.1) is 0 Å². The molecule has 0 aromatic carbocycles. The molecule has 1 aliphatic heterocycles. The molecule has 2 aliphatic rings. The van der Waals surface area contributed by atoms with Gasteiger partial charge in [-0.1, -0.05) is 12.8 Å². The van der Waals surface area contributed by atoms with E-state index >= 15 is 0 Å². The number of rotatable bonds is 4. The maximum Gasteiger partial charge on any atom is 0.254 e. The largest absolute Gasteiger partial charge is 0.366 e. The van der Waals surface area contributed by atoms with Crippen molar-refractivity contribution in [3.63, 3.8) is 0 Å². The van der Waals surface area contributed by atoms with Gasteiger partial charge in [0.2, 0.25) is 0 Å². The van der Waals surface area contributed by atoms with Gasteiger partial charge in [0.1, 0.15) is 5.82 Å². The Balaban J connectivity index is 1.72. The molecule has 4 rings (SSSR count).